The van der Waals surface area contributed by atoms with Crippen LogP contribution in [0.2, 0.25) is 0 Å². The molecule has 3 nitrogen and oxygen atoms in total. The molecule has 1 aromatic carbocycles. The number of hydrogen-bond acceptors (Lipinski definition) is 2. The number of rotatable bonds is 3. The number of pyridine rings is 2. The lowest BCUT2D eigenvalue weighted by molar-refractivity contribution is -0.660. The largest absolute Gasteiger partial charge is 0.437 e. The molecule has 3 heterocycles. The van der Waals surface area contributed by atoms with Gasteiger partial charge in [0.2, 0.25) is 11.4 Å². The molecule has 0 aliphatic heterocycles. The molecule has 4 aromatic rings. The third-order valence-corrected chi connectivity index (χ3v) is 6.42. The van der Waals surface area contributed by atoms with Gasteiger partial charge in [-0.15, -0.1) is 0 Å². The molecule has 0 radical (unpaired) electrons. The van der Waals surface area contributed by atoms with Crippen LogP contribution in [0.5, 0.6) is 0 Å². The van der Waals surface area contributed by atoms with E-state index in [0.717, 1.165) is 39.6 Å². The number of fused-ring (bicyclic) bond motifs is 3. The van der Waals surface area contributed by atoms with Crippen LogP contribution >= 0.6 is 0 Å². The zero-order valence-electron chi connectivity index (χ0n) is 22.2. The minimum atomic E-state index is -1.71. The highest BCUT2D eigenvalue weighted by Crippen LogP contribution is 2.41. The summed E-state index contributed by atoms with van der Waals surface area (Å²) in [6.45, 7) is 5.89. The molecule has 154 valence electrons. The van der Waals surface area contributed by atoms with E-state index in [0.29, 0.717) is 30.7 Å². The molecule has 0 spiro atoms. The Morgan fingerprint density at radius 1 is 1.10 bits per heavy atom. The minimum Gasteiger partial charge on any atom is -0.437 e. The molecular weight excluding hydrogens is 368 g/mol. The summed E-state index contributed by atoms with van der Waals surface area (Å²) in [4.78, 5) is 4.77. The van der Waals surface area contributed by atoms with Gasteiger partial charge in [-0.05, 0) is 49.4 Å². The zero-order chi connectivity index (χ0) is 24.5. The topological polar surface area (TPSA) is 29.9 Å². The van der Waals surface area contributed by atoms with Gasteiger partial charge in [0.25, 0.3) is 0 Å². The van der Waals surface area contributed by atoms with Crippen molar-refractivity contribution < 1.29 is 14.5 Å². The van der Waals surface area contributed by atoms with Gasteiger partial charge >= 0.3 is 0 Å². The average Bonchev–Trinajstić information content (AvgIpc) is 3.15. The molecule has 3 heteroatoms. The van der Waals surface area contributed by atoms with Crippen LogP contribution in [0.25, 0.3) is 33.3 Å². The molecular formula is C27H31N2O+. The molecule has 3 aromatic heterocycles. The van der Waals surface area contributed by atoms with E-state index in [2.05, 4.69) is 42.8 Å². The maximum Gasteiger partial charge on any atom is 0.227 e. The number of benzene rings is 1. The predicted octanol–water partition coefficient (Wildman–Crippen LogP) is 6.57. The summed E-state index contributed by atoms with van der Waals surface area (Å²) in [5.74, 6) is 0. The van der Waals surface area contributed by atoms with Crippen LogP contribution in [0.4, 0.5) is 0 Å². The highest BCUT2D eigenvalue weighted by molar-refractivity contribution is 6.08. The van der Waals surface area contributed by atoms with Gasteiger partial charge in [-0.25, -0.2) is 9.55 Å². The summed E-state index contributed by atoms with van der Waals surface area (Å²) < 4.78 is 43.2. The van der Waals surface area contributed by atoms with E-state index in [1.54, 1.807) is 13.0 Å². The van der Waals surface area contributed by atoms with E-state index in [4.69, 9.17) is 14.9 Å². The van der Waals surface area contributed by atoms with E-state index >= 15 is 0 Å². The molecule has 1 saturated carbocycles. The number of aromatic nitrogens is 2. The average molecular weight is 404 g/mol. The van der Waals surface area contributed by atoms with Crippen molar-refractivity contribution >= 4 is 22.1 Å². The third kappa shape index (κ3) is 3.03. The van der Waals surface area contributed by atoms with E-state index in [1.807, 2.05) is 19.2 Å². The second-order valence-corrected chi connectivity index (χ2v) is 8.50. The second kappa shape index (κ2) is 7.23. The fourth-order valence-corrected chi connectivity index (χ4v) is 4.51. The summed E-state index contributed by atoms with van der Waals surface area (Å²) in [6, 6.07) is 12.2. The Bertz CT molecular complexity index is 1410. The number of hydrogen-bond donors (Lipinski definition) is 0. The van der Waals surface area contributed by atoms with Crippen LogP contribution < -0.4 is 4.57 Å². The summed E-state index contributed by atoms with van der Waals surface area (Å²) in [5, 5.41) is 1.81. The van der Waals surface area contributed by atoms with Gasteiger partial charge in [0.05, 0.1) is 11.3 Å². The molecule has 1 fully saturated rings. The lowest BCUT2D eigenvalue weighted by atomic mass is 9.73. The molecule has 0 saturated heterocycles. The number of aryl methyl sites for hydroxylation is 3. The SMILES string of the molecule is [2H]C1([2H])CCCC([2H])([2H])C1(C)c1ccc2c(n1)oc1c(-c3cc(CC)cc[n+]3C)c(C)ccc12. The Balaban J connectivity index is 1.76. The molecule has 1 aliphatic carbocycles. The second-order valence-electron chi connectivity index (χ2n) is 8.50. The van der Waals surface area contributed by atoms with Crippen LogP contribution in [0, 0.1) is 6.92 Å². The van der Waals surface area contributed by atoms with Gasteiger partial charge in [-0.2, -0.15) is 0 Å². The Labute approximate surface area is 184 Å². The Hall–Kier alpha value is -2.68. The van der Waals surface area contributed by atoms with Crippen LogP contribution in [0.15, 0.2) is 47.0 Å². The van der Waals surface area contributed by atoms with E-state index in [1.165, 1.54) is 5.56 Å². The first-order chi connectivity index (χ1) is 16.0. The highest BCUT2D eigenvalue weighted by Gasteiger charge is 2.31. The van der Waals surface area contributed by atoms with Gasteiger partial charge in [0, 0.05) is 33.8 Å². The fourth-order valence-electron chi connectivity index (χ4n) is 4.51. The van der Waals surface area contributed by atoms with Gasteiger partial charge in [0.15, 0.2) is 11.8 Å². The predicted molar refractivity (Wildman–Crippen MR) is 123 cm³/mol. The van der Waals surface area contributed by atoms with Gasteiger partial charge in [-0.3, -0.25) is 0 Å². The van der Waals surface area contributed by atoms with Crippen molar-refractivity contribution in [2.45, 2.75) is 64.6 Å². The minimum absolute atomic E-state index is 0.316. The Morgan fingerprint density at radius 3 is 2.63 bits per heavy atom. The number of nitrogens with zero attached hydrogens (tertiary/aromatic N) is 2. The van der Waals surface area contributed by atoms with Crippen molar-refractivity contribution in [2.75, 3.05) is 0 Å². The fraction of sp³-hybridized carbons (Fsp3) is 0.407. The Morgan fingerprint density at radius 2 is 1.87 bits per heavy atom. The van der Waals surface area contributed by atoms with Crippen LogP contribution in [-0.2, 0) is 18.9 Å². The van der Waals surface area contributed by atoms with Crippen molar-refractivity contribution in [1.82, 2.24) is 4.98 Å². The summed E-state index contributed by atoms with van der Waals surface area (Å²) in [6.07, 6.45) is 0.747. The van der Waals surface area contributed by atoms with Gasteiger partial charge in [0.1, 0.15) is 7.05 Å². The maximum atomic E-state index is 8.68. The van der Waals surface area contributed by atoms with Crippen LogP contribution in [-0.4, -0.2) is 4.98 Å². The van der Waals surface area contributed by atoms with Crippen molar-refractivity contribution in [1.29, 1.82) is 0 Å². The third-order valence-electron chi connectivity index (χ3n) is 6.42. The van der Waals surface area contributed by atoms with E-state index in [9.17, 15) is 0 Å². The smallest absolute Gasteiger partial charge is 0.227 e. The summed E-state index contributed by atoms with van der Waals surface area (Å²) >= 11 is 0. The molecule has 1 aliphatic rings. The lowest BCUT2D eigenvalue weighted by Crippen LogP contribution is -2.30. The van der Waals surface area contributed by atoms with Crippen molar-refractivity contribution in [3.05, 3.63) is 59.4 Å². The normalized spacial score (nSPS) is 21.7. The summed E-state index contributed by atoms with van der Waals surface area (Å²) in [5.41, 5.74) is 4.64. The first-order valence-electron chi connectivity index (χ1n) is 12.8. The summed E-state index contributed by atoms with van der Waals surface area (Å²) in [7, 11) is 2.03. The molecule has 0 atom stereocenters. The first kappa shape index (κ1) is 15.2. The molecule has 0 amide bonds. The molecule has 0 N–H and O–H groups in total. The molecule has 0 bridgehead atoms. The quantitative estimate of drug-likeness (QED) is 0.362. The Kier molecular flexibility index (Phi) is 3.65. The molecule has 0 unspecified atom stereocenters. The van der Waals surface area contributed by atoms with Crippen molar-refractivity contribution in [3.8, 4) is 11.3 Å². The van der Waals surface area contributed by atoms with Gasteiger partial charge < -0.3 is 4.42 Å². The van der Waals surface area contributed by atoms with E-state index in [-0.39, 0.29) is 0 Å². The zero-order valence-corrected chi connectivity index (χ0v) is 18.2. The van der Waals surface area contributed by atoms with Crippen LogP contribution in [0.3, 0.4) is 0 Å². The standard InChI is InChI=1S/C27H31N2O/c1-5-19-13-16-29(4)22(17-19)24-18(2)9-10-20-21-11-12-23(28-26(21)30-25(20)24)27(3)14-7-6-8-15-27/h9-13,16-17H,5-8,14-15H2,1-4H3/q+1/i14D2,15D2. The first-order valence-corrected chi connectivity index (χ1v) is 10.8. The monoisotopic (exact) mass is 403 g/mol. The van der Waals surface area contributed by atoms with Crippen molar-refractivity contribution in [3.63, 3.8) is 0 Å². The molecule has 30 heavy (non-hydrogen) atoms. The number of furan rings is 1. The molecule has 5 rings (SSSR count). The highest BCUT2D eigenvalue weighted by atomic mass is 16.3. The van der Waals surface area contributed by atoms with Crippen LogP contribution in [0.1, 0.15) is 68.2 Å². The van der Waals surface area contributed by atoms with Gasteiger partial charge in [-0.1, -0.05) is 45.2 Å². The lowest BCUT2D eigenvalue weighted by Gasteiger charge is -2.32. The maximum absolute atomic E-state index is 8.68. The van der Waals surface area contributed by atoms with Crippen molar-refractivity contribution in [2.24, 2.45) is 7.05 Å². The van der Waals surface area contributed by atoms with E-state index < -0.39 is 18.2 Å².